The average Bonchev–Trinajstić information content (AvgIpc) is 3.03. The molecular formula is C36H41F3N4O7S. The zero-order valence-electron chi connectivity index (χ0n) is 28.6. The van der Waals surface area contributed by atoms with Gasteiger partial charge in [-0.2, -0.15) is 13.2 Å². The smallest absolute Gasteiger partial charge is 0.490 e. The third-order valence-electron chi connectivity index (χ3n) is 8.11. The van der Waals surface area contributed by atoms with E-state index in [0.717, 1.165) is 17.2 Å². The van der Waals surface area contributed by atoms with Gasteiger partial charge in [-0.05, 0) is 92.6 Å². The van der Waals surface area contributed by atoms with Gasteiger partial charge in [0, 0.05) is 30.9 Å². The van der Waals surface area contributed by atoms with Gasteiger partial charge in [0.2, 0.25) is 5.91 Å². The molecule has 4 N–H and O–H groups in total. The summed E-state index contributed by atoms with van der Waals surface area (Å²) >= 11 is 0. The van der Waals surface area contributed by atoms with Crippen molar-refractivity contribution in [3.8, 4) is 11.5 Å². The van der Waals surface area contributed by atoms with E-state index in [2.05, 4.69) is 10.3 Å². The van der Waals surface area contributed by atoms with Gasteiger partial charge in [-0.1, -0.05) is 30.7 Å². The van der Waals surface area contributed by atoms with Crippen molar-refractivity contribution in [1.82, 2.24) is 9.88 Å². The number of nitrogens with two attached hydrogens (primary N) is 1. The van der Waals surface area contributed by atoms with Gasteiger partial charge in [-0.15, -0.1) is 0 Å². The molecule has 1 fully saturated rings. The first-order valence-electron chi connectivity index (χ1n) is 16.2. The molecule has 1 heterocycles. The number of carbonyl (C=O) groups is 2. The van der Waals surface area contributed by atoms with Gasteiger partial charge in [-0.3, -0.25) is 4.79 Å². The molecule has 274 valence electrons. The second-order valence-corrected chi connectivity index (χ2v) is 14.4. The Hall–Kier alpha value is -5.05. The van der Waals surface area contributed by atoms with Crippen molar-refractivity contribution in [2.45, 2.75) is 75.0 Å². The number of anilines is 2. The molecule has 0 aliphatic heterocycles. The number of likely N-dealkylation sites (N-methyl/N-ethyl adjacent to an activating group) is 1. The van der Waals surface area contributed by atoms with E-state index in [-0.39, 0.29) is 23.8 Å². The molecular weight excluding hydrogens is 689 g/mol. The van der Waals surface area contributed by atoms with Gasteiger partial charge in [0.1, 0.15) is 11.9 Å². The molecule has 0 spiro atoms. The van der Waals surface area contributed by atoms with Crippen molar-refractivity contribution in [2.75, 3.05) is 24.7 Å². The molecule has 1 amide bonds. The number of nitrogen functional groups attached to an aromatic ring is 1. The Labute approximate surface area is 294 Å². The van der Waals surface area contributed by atoms with Gasteiger partial charge in [-0.25, -0.2) is 18.2 Å². The summed E-state index contributed by atoms with van der Waals surface area (Å²) in [6.07, 6.45) is -1.24. The molecule has 1 aliphatic carbocycles. The monoisotopic (exact) mass is 730 g/mol. The van der Waals surface area contributed by atoms with Crippen LogP contribution >= 0.6 is 0 Å². The molecule has 1 aliphatic rings. The lowest BCUT2D eigenvalue weighted by Crippen LogP contribution is -2.36. The van der Waals surface area contributed by atoms with Crippen molar-refractivity contribution in [3.63, 3.8) is 0 Å². The molecule has 3 aromatic carbocycles. The predicted octanol–water partition coefficient (Wildman–Crippen LogP) is 6.77. The largest absolute Gasteiger partial charge is 0.490 e. The van der Waals surface area contributed by atoms with Gasteiger partial charge in [0.05, 0.1) is 22.9 Å². The van der Waals surface area contributed by atoms with Crippen LogP contribution in [-0.4, -0.2) is 66.5 Å². The Morgan fingerprint density at radius 2 is 1.75 bits per heavy atom. The first-order valence-corrected chi connectivity index (χ1v) is 17.8. The number of carbonyl (C=O) groups excluding carboxylic acids is 1. The number of nitrogens with one attached hydrogen (secondary N) is 1. The van der Waals surface area contributed by atoms with Crippen LogP contribution in [0.1, 0.15) is 57.2 Å². The van der Waals surface area contributed by atoms with E-state index < -0.39 is 28.0 Å². The topological polar surface area (TPSA) is 161 Å². The molecule has 4 aromatic rings. The van der Waals surface area contributed by atoms with Crippen molar-refractivity contribution in [3.05, 3.63) is 84.1 Å². The molecule has 1 aromatic heterocycles. The minimum Gasteiger partial charge on any atom is -0.490 e. The third kappa shape index (κ3) is 9.60. The fraction of sp³-hybridized carbons (Fsp3) is 0.361. The fourth-order valence-corrected chi connectivity index (χ4v) is 7.48. The summed E-state index contributed by atoms with van der Waals surface area (Å²) in [6.45, 7) is 6.34. The highest BCUT2D eigenvalue weighted by molar-refractivity contribution is 7.92. The lowest BCUT2D eigenvalue weighted by Gasteiger charge is -2.29. The zero-order valence-corrected chi connectivity index (χ0v) is 29.4. The molecule has 5 rings (SSSR count). The van der Waals surface area contributed by atoms with E-state index in [4.69, 9.17) is 25.1 Å². The summed E-state index contributed by atoms with van der Waals surface area (Å²) in [6, 6.07) is 19.2. The highest BCUT2D eigenvalue weighted by Crippen LogP contribution is 2.36. The first kappa shape index (κ1) is 38.7. The quantitative estimate of drug-likeness (QED) is 0.142. The number of benzene rings is 3. The maximum atomic E-state index is 14.3. The number of fused-ring (bicyclic) bond motifs is 1. The Balaban J connectivity index is 0.000000755. The van der Waals surface area contributed by atoms with E-state index in [1.54, 1.807) is 42.4 Å². The van der Waals surface area contributed by atoms with Crippen LogP contribution < -0.4 is 20.5 Å². The molecule has 0 bridgehead atoms. The van der Waals surface area contributed by atoms with E-state index in [1.165, 1.54) is 0 Å². The van der Waals surface area contributed by atoms with Crippen LogP contribution in [-0.2, 0) is 26.0 Å². The Bertz CT molecular complexity index is 1970. The Morgan fingerprint density at radius 1 is 1.06 bits per heavy atom. The normalized spacial score (nSPS) is 13.8. The maximum Gasteiger partial charge on any atom is 0.490 e. The van der Waals surface area contributed by atoms with Crippen molar-refractivity contribution >= 4 is 44.0 Å². The maximum absolute atomic E-state index is 14.3. The number of pyridine rings is 1. The number of sulfone groups is 1. The summed E-state index contributed by atoms with van der Waals surface area (Å²) in [4.78, 5) is 29.2. The number of hydrogen-bond donors (Lipinski definition) is 3. The van der Waals surface area contributed by atoms with Crippen LogP contribution in [0.3, 0.4) is 0 Å². The van der Waals surface area contributed by atoms with Gasteiger partial charge in [0.15, 0.2) is 21.3 Å². The highest BCUT2D eigenvalue weighted by Gasteiger charge is 2.38. The molecule has 1 atom stereocenters. The Kier molecular flexibility index (Phi) is 12.4. The molecule has 11 nitrogen and oxygen atoms in total. The van der Waals surface area contributed by atoms with E-state index in [1.807, 2.05) is 63.2 Å². The standard InChI is InChI=1S/C34H40N4O5S.C2HF3O2/c1-5-42-30-20-24(13-16-29(30)43-22(2)3)32(37-26-14-15-28-23(19-26)17-18-36-33(28)35)34(39)38(4)21-25-9-6-7-12-31(25)44(40,41)27-10-8-11-27;3-2(4,5)1(6)7/h6-7,9,12-20,22,27,32,37H,5,8,10-11,21H2,1-4H3,(H2,35,36);(H,6,7)/t32-;/m1./s1. The van der Waals surface area contributed by atoms with Crippen LogP contribution in [0, 0.1) is 0 Å². The molecule has 0 radical (unpaired) electrons. The SMILES string of the molecule is CCOc1cc([C@@H](Nc2ccc3c(N)nccc3c2)C(=O)N(C)Cc2ccccc2S(=O)(=O)C2CCC2)ccc1OC(C)C.O=C(O)C(F)(F)F. The average molecular weight is 731 g/mol. The van der Waals surface area contributed by atoms with Gasteiger partial charge in [0.25, 0.3) is 0 Å². The summed E-state index contributed by atoms with van der Waals surface area (Å²) in [5.74, 6) is -1.44. The second-order valence-electron chi connectivity index (χ2n) is 12.2. The number of rotatable bonds is 12. The summed E-state index contributed by atoms with van der Waals surface area (Å²) < 4.78 is 70.3. The van der Waals surface area contributed by atoms with E-state index in [0.29, 0.717) is 58.5 Å². The second kappa shape index (κ2) is 16.3. The Morgan fingerprint density at radius 3 is 2.35 bits per heavy atom. The minimum absolute atomic E-state index is 0.0578. The number of carboxylic acid groups (broad SMARTS) is 1. The predicted molar refractivity (Wildman–Crippen MR) is 187 cm³/mol. The number of nitrogens with zero attached hydrogens (tertiary/aromatic N) is 2. The van der Waals surface area contributed by atoms with E-state index >= 15 is 0 Å². The molecule has 0 saturated heterocycles. The number of ether oxygens (including phenoxy) is 2. The highest BCUT2D eigenvalue weighted by atomic mass is 32.2. The summed E-state index contributed by atoms with van der Waals surface area (Å²) in [5.41, 5.74) is 8.05. The zero-order chi connectivity index (χ0) is 37.5. The lowest BCUT2D eigenvalue weighted by atomic mass is 10.00. The van der Waals surface area contributed by atoms with Crippen LogP contribution in [0.25, 0.3) is 10.8 Å². The summed E-state index contributed by atoms with van der Waals surface area (Å²) in [7, 11) is -1.78. The number of halogens is 3. The fourth-order valence-electron chi connectivity index (χ4n) is 5.40. The number of hydrogen-bond acceptors (Lipinski definition) is 9. The third-order valence-corrected chi connectivity index (χ3v) is 10.5. The van der Waals surface area contributed by atoms with Gasteiger partial charge < -0.3 is 30.5 Å². The minimum atomic E-state index is -5.08. The van der Waals surface area contributed by atoms with Crippen molar-refractivity contribution in [2.24, 2.45) is 0 Å². The van der Waals surface area contributed by atoms with Crippen LogP contribution in [0.4, 0.5) is 24.7 Å². The lowest BCUT2D eigenvalue weighted by molar-refractivity contribution is -0.192. The molecule has 1 saturated carbocycles. The van der Waals surface area contributed by atoms with Crippen LogP contribution in [0.2, 0.25) is 0 Å². The first-order chi connectivity index (χ1) is 24.0. The summed E-state index contributed by atoms with van der Waals surface area (Å²) in [5, 5.41) is 11.9. The number of aromatic nitrogens is 1. The number of alkyl halides is 3. The number of carboxylic acids is 1. The molecule has 0 unspecified atom stereocenters. The van der Waals surface area contributed by atoms with Crippen molar-refractivity contribution < 1.29 is 45.8 Å². The van der Waals surface area contributed by atoms with Crippen LogP contribution in [0.15, 0.2) is 77.8 Å². The van der Waals surface area contributed by atoms with Crippen LogP contribution in [0.5, 0.6) is 11.5 Å². The van der Waals surface area contributed by atoms with Gasteiger partial charge >= 0.3 is 12.1 Å². The number of amides is 1. The van der Waals surface area contributed by atoms with E-state index in [9.17, 15) is 26.4 Å². The number of aliphatic carboxylic acids is 1. The van der Waals surface area contributed by atoms with Crippen molar-refractivity contribution in [1.29, 1.82) is 0 Å². The molecule has 51 heavy (non-hydrogen) atoms. The molecule has 15 heteroatoms.